The highest BCUT2D eigenvalue weighted by molar-refractivity contribution is 5.98. The van der Waals surface area contributed by atoms with E-state index in [0.29, 0.717) is 12.2 Å². The van der Waals surface area contributed by atoms with Gasteiger partial charge in [-0.2, -0.15) is 0 Å². The molecular formula is C17H18N2O3. The summed E-state index contributed by atoms with van der Waals surface area (Å²) in [5, 5.41) is 0.978. The highest BCUT2D eigenvalue weighted by Crippen LogP contribution is 2.22. The standard InChI is InChI=1S/C17H18N2O3/c1-11-4-6-14(22-11)10-19(2)17(20)16-8-12-5-7-13(21-3)9-15(12)18-16/h4-9,18H,10H2,1-3H3. The Morgan fingerprint density at radius 3 is 2.77 bits per heavy atom. The van der Waals surface area contributed by atoms with E-state index < -0.39 is 0 Å². The molecule has 0 bridgehead atoms. The van der Waals surface area contributed by atoms with Gasteiger partial charge in [0.15, 0.2) is 0 Å². The maximum atomic E-state index is 12.5. The van der Waals surface area contributed by atoms with E-state index in [1.54, 1.807) is 19.1 Å². The van der Waals surface area contributed by atoms with Crippen molar-refractivity contribution in [1.82, 2.24) is 9.88 Å². The number of aromatic nitrogens is 1. The normalized spacial score (nSPS) is 10.9. The Bertz CT molecular complexity index is 816. The van der Waals surface area contributed by atoms with Crippen LogP contribution < -0.4 is 4.74 Å². The molecule has 22 heavy (non-hydrogen) atoms. The average molecular weight is 298 g/mol. The number of fused-ring (bicyclic) bond motifs is 1. The zero-order chi connectivity index (χ0) is 15.7. The number of H-pyrrole nitrogens is 1. The Labute approximate surface area is 128 Å². The van der Waals surface area contributed by atoms with Crippen molar-refractivity contribution in [2.45, 2.75) is 13.5 Å². The number of rotatable bonds is 4. The molecule has 5 nitrogen and oxygen atoms in total. The minimum Gasteiger partial charge on any atom is -0.497 e. The topological polar surface area (TPSA) is 58.5 Å². The van der Waals surface area contributed by atoms with Gasteiger partial charge in [0.1, 0.15) is 23.0 Å². The van der Waals surface area contributed by atoms with Crippen molar-refractivity contribution in [3.05, 3.63) is 53.6 Å². The van der Waals surface area contributed by atoms with Crippen molar-refractivity contribution < 1.29 is 13.9 Å². The van der Waals surface area contributed by atoms with E-state index in [2.05, 4.69) is 4.98 Å². The van der Waals surface area contributed by atoms with Crippen LogP contribution in [-0.4, -0.2) is 29.9 Å². The molecule has 3 aromatic rings. The molecule has 0 aliphatic heterocycles. The number of hydrogen-bond acceptors (Lipinski definition) is 3. The molecule has 0 fully saturated rings. The van der Waals surface area contributed by atoms with Gasteiger partial charge in [-0.25, -0.2) is 0 Å². The predicted octanol–water partition coefficient (Wildman–Crippen LogP) is 3.35. The molecule has 2 aromatic heterocycles. The van der Waals surface area contributed by atoms with Crippen LogP contribution >= 0.6 is 0 Å². The van der Waals surface area contributed by atoms with Crippen LogP contribution in [-0.2, 0) is 6.54 Å². The van der Waals surface area contributed by atoms with Crippen molar-refractivity contribution in [1.29, 1.82) is 0 Å². The summed E-state index contributed by atoms with van der Waals surface area (Å²) in [5.74, 6) is 2.29. The van der Waals surface area contributed by atoms with Crippen molar-refractivity contribution in [3.8, 4) is 5.75 Å². The second-order valence-corrected chi connectivity index (χ2v) is 5.31. The molecule has 0 unspecified atom stereocenters. The predicted molar refractivity (Wildman–Crippen MR) is 84.1 cm³/mol. The van der Waals surface area contributed by atoms with Gasteiger partial charge >= 0.3 is 0 Å². The van der Waals surface area contributed by atoms with Gasteiger partial charge in [0.25, 0.3) is 5.91 Å². The molecule has 0 saturated carbocycles. The number of hydrogen-bond donors (Lipinski definition) is 1. The molecule has 0 aliphatic carbocycles. The van der Waals surface area contributed by atoms with Crippen LogP contribution in [0.3, 0.4) is 0 Å². The van der Waals surface area contributed by atoms with E-state index in [9.17, 15) is 4.79 Å². The van der Waals surface area contributed by atoms with E-state index in [-0.39, 0.29) is 5.91 Å². The summed E-state index contributed by atoms with van der Waals surface area (Å²) in [5.41, 5.74) is 1.43. The summed E-state index contributed by atoms with van der Waals surface area (Å²) in [6.45, 7) is 2.32. The van der Waals surface area contributed by atoms with Crippen LogP contribution in [0.2, 0.25) is 0 Å². The first-order valence-electron chi connectivity index (χ1n) is 7.04. The Morgan fingerprint density at radius 1 is 1.27 bits per heavy atom. The van der Waals surface area contributed by atoms with Gasteiger partial charge < -0.3 is 19.0 Å². The van der Waals surface area contributed by atoms with E-state index in [1.165, 1.54) is 0 Å². The van der Waals surface area contributed by atoms with E-state index in [4.69, 9.17) is 9.15 Å². The molecule has 1 aromatic carbocycles. The molecule has 0 aliphatic rings. The summed E-state index contributed by atoms with van der Waals surface area (Å²) in [6.07, 6.45) is 0. The highest BCUT2D eigenvalue weighted by Gasteiger charge is 2.16. The second-order valence-electron chi connectivity index (χ2n) is 5.31. The van der Waals surface area contributed by atoms with Crippen LogP contribution in [0.25, 0.3) is 10.9 Å². The van der Waals surface area contributed by atoms with Crippen LogP contribution in [0.15, 0.2) is 40.8 Å². The third kappa shape index (κ3) is 2.70. The Balaban J connectivity index is 1.81. The molecular weight excluding hydrogens is 280 g/mol. The molecule has 1 amide bonds. The lowest BCUT2D eigenvalue weighted by atomic mass is 10.2. The van der Waals surface area contributed by atoms with Gasteiger partial charge in [-0.05, 0) is 37.3 Å². The summed E-state index contributed by atoms with van der Waals surface area (Å²) in [7, 11) is 3.38. The monoisotopic (exact) mass is 298 g/mol. The largest absolute Gasteiger partial charge is 0.497 e. The number of amides is 1. The molecule has 5 heteroatoms. The van der Waals surface area contributed by atoms with E-state index in [0.717, 1.165) is 28.2 Å². The maximum Gasteiger partial charge on any atom is 0.270 e. The third-order valence-corrected chi connectivity index (χ3v) is 3.60. The summed E-state index contributed by atoms with van der Waals surface area (Å²) in [6, 6.07) is 11.3. The van der Waals surface area contributed by atoms with Crippen LogP contribution in [0, 0.1) is 6.92 Å². The van der Waals surface area contributed by atoms with Gasteiger partial charge in [0.05, 0.1) is 13.7 Å². The lowest BCUT2D eigenvalue weighted by Gasteiger charge is -2.14. The highest BCUT2D eigenvalue weighted by atomic mass is 16.5. The van der Waals surface area contributed by atoms with E-state index in [1.807, 2.05) is 43.3 Å². The summed E-state index contributed by atoms with van der Waals surface area (Å²) >= 11 is 0. The number of aryl methyl sites for hydroxylation is 1. The SMILES string of the molecule is COc1ccc2cc(C(=O)N(C)Cc3ccc(C)o3)[nH]c2c1. The van der Waals surface area contributed by atoms with Crippen LogP contribution in [0.1, 0.15) is 22.0 Å². The smallest absolute Gasteiger partial charge is 0.270 e. The van der Waals surface area contributed by atoms with E-state index >= 15 is 0 Å². The van der Waals surface area contributed by atoms with Gasteiger partial charge in [0.2, 0.25) is 0 Å². The van der Waals surface area contributed by atoms with Crippen molar-refractivity contribution in [2.24, 2.45) is 0 Å². The number of carbonyl (C=O) groups is 1. The summed E-state index contributed by atoms with van der Waals surface area (Å²) in [4.78, 5) is 17.3. The lowest BCUT2D eigenvalue weighted by Crippen LogP contribution is -2.26. The molecule has 3 rings (SSSR count). The van der Waals surface area contributed by atoms with Gasteiger partial charge in [0, 0.05) is 24.0 Å². The van der Waals surface area contributed by atoms with Gasteiger partial charge in [-0.15, -0.1) is 0 Å². The first kappa shape index (κ1) is 14.3. The summed E-state index contributed by atoms with van der Waals surface area (Å²) < 4.78 is 10.7. The number of ether oxygens (including phenoxy) is 1. The number of nitrogens with zero attached hydrogens (tertiary/aromatic N) is 1. The minimum atomic E-state index is -0.0794. The molecule has 0 atom stereocenters. The molecule has 1 N–H and O–H groups in total. The van der Waals surface area contributed by atoms with Crippen molar-refractivity contribution in [3.63, 3.8) is 0 Å². The zero-order valence-electron chi connectivity index (χ0n) is 12.8. The lowest BCUT2D eigenvalue weighted by molar-refractivity contribution is 0.0770. The Morgan fingerprint density at radius 2 is 2.09 bits per heavy atom. The first-order chi connectivity index (χ1) is 10.6. The van der Waals surface area contributed by atoms with Crippen LogP contribution in [0.5, 0.6) is 5.75 Å². The fourth-order valence-electron chi connectivity index (χ4n) is 2.43. The molecule has 114 valence electrons. The molecule has 2 heterocycles. The zero-order valence-corrected chi connectivity index (χ0v) is 12.8. The van der Waals surface area contributed by atoms with Crippen LogP contribution in [0.4, 0.5) is 0 Å². The van der Waals surface area contributed by atoms with Gasteiger partial charge in [-0.1, -0.05) is 0 Å². The number of carbonyl (C=O) groups excluding carboxylic acids is 1. The Hall–Kier alpha value is -2.69. The fourth-order valence-corrected chi connectivity index (χ4v) is 2.43. The number of methoxy groups -OCH3 is 1. The molecule has 0 saturated heterocycles. The second kappa shape index (κ2) is 5.60. The number of nitrogens with one attached hydrogen (secondary N) is 1. The number of benzene rings is 1. The van der Waals surface area contributed by atoms with Crippen molar-refractivity contribution >= 4 is 16.8 Å². The van der Waals surface area contributed by atoms with Gasteiger partial charge in [-0.3, -0.25) is 4.79 Å². The Kier molecular flexibility index (Phi) is 3.63. The number of furan rings is 1. The molecule has 0 radical (unpaired) electrons. The first-order valence-corrected chi connectivity index (χ1v) is 7.04. The quantitative estimate of drug-likeness (QED) is 0.803. The number of aromatic amines is 1. The third-order valence-electron chi connectivity index (χ3n) is 3.60. The maximum absolute atomic E-state index is 12.5. The van der Waals surface area contributed by atoms with Crippen molar-refractivity contribution in [2.75, 3.05) is 14.2 Å². The minimum absolute atomic E-state index is 0.0794. The molecule has 0 spiro atoms. The average Bonchev–Trinajstić information content (AvgIpc) is 3.11. The fraction of sp³-hybridized carbons (Fsp3) is 0.235.